The lowest BCUT2D eigenvalue weighted by Crippen LogP contribution is -2.33. The number of aromatic nitrogens is 2. The smallest absolute Gasteiger partial charge is 0.248 e. The zero-order chi connectivity index (χ0) is 13.8. The number of nitrogens with zero attached hydrogens (tertiary/aromatic N) is 3. The van der Waals surface area contributed by atoms with E-state index in [2.05, 4.69) is 14.9 Å². The number of fused-ring (bicyclic) bond motifs is 1. The summed E-state index contributed by atoms with van der Waals surface area (Å²) >= 11 is 0. The second-order valence-corrected chi connectivity index (χ2v) is 5.60. The Morgan fingerprint density at radius 2 is 2.30 bits per heavy atom. The molecule has 3 heterocycles. The van der Waals surface area contributed by atoms with Crippen LogP contribution in [0.2, 0.25) is 0 Å². The van der Waals surface area contributed by atoms with E-state index in [-0.39, 0.29) is 12.5 Å². The molecule has 2 aliphatic rings. The summed E-state index contributed by atoms with van der Waals surface area (Å²) in [5.41, 5.74) is 0. The molecule has 1 aromatic heterocycles. The first-order chi connectivity index (χ1) is 9.83. The molecule has 1 saturated heterocycles. The summed E-state index contributed by atoms with van der Waals surface area (Å²) in [6.07, 6.45) is 6.09. The summed E-state index contributed by atoms with van der Waals surface area (Å²) in [7, 11) is 0. The van der Waals surface area contributed by atoms with Gasteiger partial charge in [-0.25, -0.2) is 4.98 Å². The first-order valence-corrected chi connectivity index (χ1v) is 7.39. The number of hydrogen-bond donors (Lipinski definition) is 1. The van der Waals surface area contributed by atoms with Crippen molar-refractivity contribution in [3.8, 4) is 0 Å². The van der Waals surface area contributed by atoms with Crippen molar-refractivity contribution in [2.45, 2.75) is 25.9 Å². The molecular formula is C14H22N4O2. The Kier molecular flexibility index (Phi) is 4.32. The first-order valence-electron chi connectivity index (χ1n) is 7.39. The lowest BCUT2D eigenvalue weighted by atomic mass is 10.1. The minimum atomic E-state index is 0.132. The average molecular weight is 278 g/mol. The van der Waals surface area contributed by atoms with Gasteiger partial charge in [0.15, 0.2) is 0 Å². The Bertz CT molecular complexity index is 454. The van der Waals surface area contributed by atoms with Crippen molar-refractivity contribution in [1.29, 1.82) is 0 Å². The van der Waals surface area contributed by atoms with Gasteiger partial charge in [-0.1, -0.05) is 0 Å². The zero-order valence-electron chi connectivity index (χ0n) is 11.8. The summed E-state index contributed by atoms with van der Waals surface area (Å²) < 4.78 is 7.79. The fourth-order valence-corrected chi connectivity index (χ4v) is 2.89. The number of ether oxygens (including phenoxy) is 1. The third-order valence-corrected chi connectivity index (χ3v) is 4.01. The van der Waals surface area contributed by atoms with Crippen LogP contribution in [0.4, 0.5) is 0 Å². The third-order valence-electron chi connectivity index (χ3n) is 4.01. The van der Waals surface area contributed by atoms with Gasteiger partial charge in [0.2, 0.25) is 5.91 Å². The number of carbonyl (C=O) groups excluding carboxylic acids is 1. The first kappa shape index (κ1) is 13.6. The van der Waals surface area contributed by atoms with Gasteiger partial charge in [0, 0.05) is 44.5 Å². The van der Waals surface area contributed by atoms with Gasteiger partial charge >= 0.3 is 0 Å². The van der Waals surface area contributed by atoms with Gasteiger partial charge in [0.1, 0.15) is 12.4 Å². The second kappa shape index (κ2) is 6.37. The largest absolute Gasteiger partial charge is 0.371 e. The van der Waals surface area contributed by atoms with Crippen LogP contribution in [0, 0.1) is 5.92 Å². The van der Waals surface area contributed by atoms with E-state index in [1.807, 2.05) is 17.3 Å². The van der Waals surface area contributed by atoms with Crippen LogP contribution in [-0.2, 0) is 22.6 Å². The molecule has 1 amide bonds. The van der Waals surface area contributed by atoms with Gasteiger partial charge in [-0.15, -0.1) is 0 Å². The van der Waals surface area contributed by atoms with E-state index in [1.165, 1.54) is 0 Å². The molecule has 2 aliphatic heterocycles. The number of amides is 1. The van der Waals surface area contributed by atoms with Gasteiger partial charge in [-0.3, -0.25) is 4.79 Å². The van der Waals surface area contributed by atoms with Gasteiger partial charge in [-0.05, 0) is 12.8 Å². The maximum absolute atomic E-state index is 11.9. The molecule has 1 fully saturated rings. The van der Waals surface area contributed by atoms with E-state index in [0.717, 1.165) is 51.4 Å². The Hall–Kier alpha value is -1.40. The van der Waals surface area contributed by atoms with E-state index in [9.17, 15) is 4.79 Å². The van der Waals surface area contributed by atoms with Crippen molar-refractivity contribution in [3.63, 3.8) is 0 Å². The molecule has 6 heteroatoms. The van der Waals surface area contributed by atoms with Gasteiger partial charge in [-0.2, -0.15) is 0 Å². The maximum atomic E-state index is 11.9. The summed E-state index contributed by atoms with van der Waals surface area (Å²) in [4.78, 5) is 18.1. The van der Waals surface area contributed by atoms with Crippen LogP contribution in [0.25, 0.3) is 0 Å². The summed E-state index contributed by atoms with van der Waals surface area (Å²) in [6.45, 7) is 5.23. The minimum absolute atomic E-state index is 0.132. The van der Waals surface area contributed by atoms with E-state index in [0.29, 0.717) is 12.5 Å². The highest BCUT2D eigenvalue weighted by atomic mass is 16.5. The maximum Gasteiger partial charge on any atom is 0.248 e. The van der Waals surface area contributed by atoms with Crippen molar-refractivity contribution < 1.29 is 9.53 Å². The molecule has 0 aromatic carbocycles. The van der Waals surface area contributed by atoms with Gasteiger partial charge in [0.25, 0.3) is 0 Å². The number of nitrogens with one attached hydrogen (secondary N) is 1. The van der Waals surface area contributed by atoms with Crippen LogP contribution < -0.4 is 5.32 Å². The minimum Gasteiger partial charge on any atom is -0.371 e. The molecule has 0 radical (unpaired) electrons. The van der Waals surface area contributed by atoms with Crippen LogP contribution >= 0.6 is 0 Å². The third kappa shape index (κ3) is 3.19. The standard InChI is InChI=1S/C14H22N4O2/c19-14(17-4-1-2-5-17)11-20-10-12-7-15-8-13-16-3-6-18(13)9-12/h3,6,12,15H,1-2,4-5,7-11H2/t12-/m0/s1. The lowest BCUT2D eigenvalue weighted by molar-refractivity contribution is -0.135. The SMILES string of the molecule is O=C(COC[C@H]1CNCc2nccn2C1)N1CCCC1. The van der Waals surface area contributed by atoms with E-state index in [1.54, 1.807) is 0 Å². The summed E-state index contributed by atoms with van der Waals surface area (Å²) in [5.74, 6) is 1.59. The molecule has 110 valence electrons. The van der Waals surface area contributed by atoms with Gasteiger partial charge < -0.3 is 19.5 Å². The van der Waals surface area contributed by atoms with Crippen molar-refractivity contribution in [2.75, 3.05) is 32.8 Å². The highest BCUT2D eigenvalue weighted by Crippen LogP contribution is 2.10. The second-order valence-electron chi connectivity index (χ2n) is 5.60. The molecule has 6 nitrogen and oxygen atoms in total. The molecule has 0 bridgehead atoms. The summed E-state index contributed by atoms with van der Waals surface area (Å²) in [6, 6.07) is 0. The van der Waals surface area contributed by atoms with Crippen molar-refractivity contribution in [3.05, 3.63) is 18.2 Å². The van der Waals surface area contributed by atoms with Crippen LogP contribution in [-0.4, -0.2) is 53.2 Å². The van der Waals surface area contributed by atoms with E-state index >= 15 is 0 Å². The zero-order valence-corrected chi connectivity index (χ0v) is 11.8. The van der Waals surface area contributed by atoms with Crippen molar-refractivity contribution in [2.24, 2.45) is 5.92 Å². The molecular weight excluding hydrogens is 256 g/mol. The molecule has 1 atom stereocenters. The quantitative estimate of drug-likeness (QED) is 0.857. The normalized spacial score (nSPS) is 22.6. The molecule has 1 aromatic rings. The highest BCUT2D eigenvalue weighted by molar-refractivity contribution is 5.77. The number of rotatable bonds is 4. The molecule has 1 N–H and O–H groups in total. The molecule has 0 unspecified atom stereocenters. The molecule has 3 rings (SSSR count). The van der Waals surface area contributed by atoms with Crippen molar-refractivity contribution >= 4 is 5.91 Å². The van der Waals surface area contributed by atoms with Crippen LogP contribution in [0.1, 0.15) is 18.7 Å². The molecule has 20 heavy (non-hydrogen) atoms. The topological polar surface area (TPSA) is 59.4 Å². The van der Waals surface area contributed by atoms with Crippen LogP contribution in [0.3, 0.4) is 0 Å². The highest BCUT2D eigenvalue weighted by Gasteiger charge is 2.20. The average Bonchev–Trinajstić information content (AvgIpc) is 3.08. The Balaban J connectivity index is 1.43. The lowest BCUT2D eigenvalue weighted by Gasteiger charge is -2.18. The van der Waals surface area contributed by atoms with Crippen molar-refractivity contribution in [1.82, 2.24) is 19.8 Å². The van der Waals surface area contributed by atoms with Gasteiger partial charge in [0.05, 0.1) is 13.2 Å². The number of imidazole rings is 1. The fourth-order valence-electron chi connectivity index (χ4n) is 2.89. The molecule has 0 saturated carbocycles. The van der Waals surface area contributed by atoms with Crippen LogP contribution in [0.5, 0.6) is 0 Å². The van der Waals surface area contributed by atoms with E-state index in [4.69, 9.17) is 4.74 Å². The molecule has 0 spiro atoms. The predicted molar refractivity (Wildman–Crippen MR) is 74.1 cm³/mol. The Morgan fingerprint density at radius 1 is 1.45 bits per heavy atom. The molecule has 0 aliphatic carbocycles. The predicted octanol–water partition coefficient (Wildman–Crippen LogP) is 0.242. The number of carbonyl (C=O) groups is 1. The monoisotopic (exact) mass is 278 g/mol. The fraction of sp³-hybridized carbons (Fsp3) is 0.714. The Labute approximate surface area is 119 Å². The number of likely N-dealkylation sites (tertiary alicyclic amines) is 1. The Morgan fingerprint density at radius 3 is 3.15 bits per heavy atom. The van der Waals surface area contributed by atoms with E-state index < -0.39 is 0 Å². The van der Waals surface area contributed by atoms with Crippen LogP contribution in [0.15, 0.2) is 12.4 Å². The summed E-state index contributed by atoms with van der Waals surface area (Å²) in [5, 5.41) is 3.37. The number of hydrogen-bond acceptors (Lipinski definition) is 4.